The zero-order valence-electron chi connectivity index (χ0n) is 17.8. The zero-order valence-corrected chi connectivity index (χ0v) is 17.8. The standard InChI is InChI=1S/C22H39N3/c1-10-14-22(7,8)16-25(9)20-13-12-19(24-18(20)4)17(3)23-15-21(5,6)11-2/h12-13,23H,3,10-11,14-16H2,1-2,4-9H3. The van der Waals surface area contributed by atoms with Crippen molar-refractivity contribution in [2.45, 2.75) is 67.7 Å². The fourth-order valence-corrected chi connectivity index (χ4v) is 3.17. The molecule has 0 aliphatic carbocycles. The Balaban J connectivity index is 2.81. The predicted octanol–water partition coefficient (Wildman–Crippen LogP) is 5.65. The van der Waals surface area contributed by atoms with Crippen LogP contribution in [0.1, 0.15) is 72.2 Å². The van der Waals surface area contributed by atoms with Gasteiger partial charge in [-0.1, -0.05) is 54.5 Å². The van der Waals surface area contributed by atoms with Crippen molar-refractivity contribution in [3.05, 3.63) is 30.1 Å². The molecule has 3 heteroatoms. The molecule has 0 aromatic carbocycles. The third kappa shape index (κ3) is 6.72. The maximum atomic E-state index is 4.79. The Kier molecular flexibility index (Phi) is 7.52. The van der Waals surface area contributed by atoms with E-state index in [4.69, 9.17) is 4.98 Å². The van der Waals surface area contributed by atoms with Gasteiger partial charge in [0.2, 0.25) is 0 Å². The molecule has 3 nitrogen and oxygen atoms in total. The molecule has 0 fully saturated rings. The minimum Gasteiger partial charge on any atom is -0.383 e. The molecule has 1 heterocycles. The smallest absolute Gasteiger partial charge is 0.0859 e. The molecule has 0 atom stereocenters. The Morgan fingerprint density at radius 3 is 2.32 bits per heavy atom. The Bertz CT molecular complexity index is 573. The summed E-state index contributed by atoms with van der Waals surface area (Å²) >= 11 is 0. The van der Waals surface area contributed by atoms with Gasteiger partial charge in [0.15, 0.2) is 0 Å². The summed E-state index contributed by atoms with van der Waals surface area (Å²) in [6, 6.07) is 4.26. The molecule has 0 amide bonds. The molecule has 0 unspecified atom stereocenters. The number of anilines is 1. The maximum Gasteiger partial charge on any atom is 0.0859 e. The molecule has 0 saturated heterocycles. The lowest BCUT2D eigenvalue weighted by atomic mass is 9.87. The highest BCUT2D eigenvalue weighted by atomic mass is 15.1. The van der Waals surface area contributed by atoms with E-state index in [2.05, 4.69) is 84.4 Å². The summed E-state index contributed by atoms with van der Waals surface area (Å²) in [6.45, 7) is 21.9. The SMILES string of the molecule is C=C(NCC(C)(C)CC)c1ccc(N(C)CC(C)(C)CCC)c(C)n1. The molecule has 0 radical (unpaired) electrons. The van der Waals surface area contributed by atoms with Gasteiger partial charge >= 0.3 is 0 Å². The van der Waals surface area contributed by atoms with Gasteiger partial charge in [0.1, 0.15) is 0 Å². The molecule has 0 saturated carbocycles. The van der Waals surface area contributed by atoms with Gasteiger partial charge in [0.25, 0.3) is 0 Å². The molecule has 25 heavy (non-hydrogen) atoms. The van der Waals surface area contributed by atoms with Crippen molar-refractivity contribution >= 4 is 11.4 Å². The second-order valence-corrected chi connectivity index (χ2v) is 8.92. The van der Waals surface area contributed by atoms with Gasteiger partial charge in [-0.15, -0.1) is 0 Å². The summed E-state index contributed by atoms with van der Waals surface area (Å²) in [5.41, 5.74) is 4.69. The zero-order chi connectivity index (χ0) is 19.3. The highest BCUT2D eigenvalue weighted by Crippen LogP contribution is 2.27. The average molecular weight is 346 g/mol. The van der Waals surface area contributed by atoms with E-state index in [1.54, 1.807) is 0 Å². The minimum absolute atomic E-state index is 0.267. The van der Waals surface area contributed by atoms with Crippen LogP contribution >= 0.6 is 0 Å². The molecular formula is C22H39N3. The summed E-state index contributed by atoms with van der Waals surface area (Å²) in [5.74, 6) is 0. The molecule has 142 valence electrons. The van der Waals surface area contributed by atoms with Gasteiger partial charge in [-0.2, -0.15) is 0 Å². The average Bonchev–Trinajstić information content (AvgIpc) is 2.51. The number of rotatable bonds is 10. The van der Waals surface area contributed by atoms with E-state index in [-0.39, 0.29) is 5.41 Å². The minimum atomic E-state index is 0.267. The molecule has 0 bridgehead atoms. The van der Waals surface area contributed by atoms with Crippen LogP contribution in [0.3, 0.4) is 0 Å². The van der Waals surface area contributed by atoms with Crippen LogP contribution < -0.4 is 10.2 Å². The van der Waals surface area contributed by atoms with Gasteiger partial charge in [-0.3, -0.25) is 0 Å². The first-order valence-electron chi connectivity index (χ1n) is 9.63. The van der Waals surface area contributed by atoms with Crippen LogP contribution in [0.5, 0.6) is 0 Å². The molecular weight excluding hydrogens is 306 g/mol. The largest absolute Gasteiger partial charge is 0.383 e. The van der Waals surface area contributed by atoms with Crippen LogP contribution in [0.15, 0.2) is 18.7 Å². The Morgan fingerprint density at radius 1 is 1.16 bits per heavy atom. The van der Waals surface area contributed by atoms with Gasteiger partial charge < -0.3 is 10.2 Å². The predicted molar refractivity (Wildman–Crippen MR) is 112 cm³/mol. The van der Waals surface area contributed by atoms with Crippen molar-refractivity contribution in [2.24, 2.45) is 10.8 Å². The van der Waals surface area contributed by atoms with E-state index in [1.807, 2.05) is 0 Å². The van der Waals surface area contributed by atoms with Crippen LogP contribution in [0.4, 0.5) is 5.69 Å². The second kappa shape index (κ2) is 8.73. The first-order valence-corrected chi connectivity index (χ1v) is 9.63. The van der Waals surface area contributed by atoms with Gasteiger partial charge in [-0.05, 0) is 42.7 Å². The molecule has 0 aliphatic rings. The normalized spacial score (nSPS) is 12.2. The van der Waals surface area contributed by atoms with Crippen LogP contribution in [0, 0.1) is 17.8 Å². The molecule has 1 aromatic heterocycles. The van der Waals surface area contributed by atoms with E-state index in [0.29, 0.717) is 5.41 Å². The third-order valence-electron chi connectivity index (χ3n) is 5.11. The van der Waals surface area contributed by atoms with Crippen molar-refractivity contribution in [1.82, 2.24) is 10.3 Å². The lowest BCUT2D eigenvalue weighted by molar-refractivity contribution is 0.338. The third-order valence-corrected chi connectivity index (χ3v) is 5.11. The van der Waals surface area contributed by atoms with E-state index in [0.717, 1.165) is 36.6 Å². The maximum absolute atomic E-state index is 4.79. The van der Waals surface area contributed by atoms with Crippen molar-refractivity contribution in [3.8, 4) is 0 Å². The lowest BCUT2D eigenvalue weighted by Crippen LogP contribution is -2.32. The second-order valence-electron chi connectivity index (χ2n) is 8.92. The van der Waals surface area contributed by atoms with E-state index in [9.17, 15) is 0 Å². The van der Waals surface area contributed by atoms with E-state index in [1.165, 1.54) is 18.5 Å². The van der Waals surface area contributed by atoms with Gasteiger partial charge in [0, 0.05) is 20.1 Å². The van der Waals surface area contributed by atoms with E-state index >= 15 is 0 Å². The fraction of sp³-hybridized carbons (Fsp3) is 0.682. The van der Waals surface area contributed by atoms with Gasteiger partial charge in [0.05, 0.1) is 22.8 Å². The molecule has 1 rings (SSSR count). The van der Waals surface area contributed by atoms with Crippen molar-refractivity contribution in [2.75, 3.05) is 25.0 Å². The number of nitrogens with zero attached hydrogens (tertiary/aromatic N) is 2. The van der Waals surface area contributed by atoms with Crippen molar-refractivity contribution < 1.29 is 0 Å². The highest BCUT2D eigenvalue weighted by molar-refractivity contribution is 5.62. The Morgan fingerprint density at radius 2 is 1.80 bits per heavy atom. The Hall–Kier alpha value is -1.51. The van der Waals surface area contributed by atoms with Crippen LogP contribution in [-0.2, 0) is 0 Å². The summed E-state index contributed by atoms with van der Waals surface area (Å²) in [7, 11) is 2.16. The number of pyridine rings is 1. The molecule has 0 spiro atoms. The summed E-state index contributed by atoms with van der Waals surface area (Å²) in [5, 5.41) is 3.45. The number of aromatic nitrogens is 1. The van der Waals surface area contributed by atoms with Crippen LogP contribution in [-0.4, -0.2) is 25.1 Å². The lowest BCUT2D eigenvalue weighted by Gasteiger charge is -2.32. The topological polar surface area (TPSA) is 28.2 Å². The Labute approximate surface area is 155 Å². The van der Waals surface area contributed by atoms with Crippen molar-refractivity contribution in [1.29, 1.82) is 0 Å². The number of nitrogens with one attached hydrogen (secondary N) is 1. The number of hydrogen-bond donors (Lipinski definition) is 1. The summed E-state index contributed by atoms with van der Waals surface area (Å²) in [6.07, 6.45) is 3.59. The first kappa shape index (κ1) is 21.5. The molecule has 1 aromatic rings. The van der Waals surface area contributed by atoms with Crippen LogP contribution in [0.25, 0.3) is 5.70 Å². The highest BCUT2D eigenvalue weighted by Gasteiger charge is 2.21. The monoisotopic (exact) mass is 345 g/mol. The summed E-state index contributed by atoms with van der Waals surface area (Å²) in [4.78, 5) is 7.12. The number of hydrogen-bond acceptors (Lipinski definition) is 3. The van der Waals surface area contributed by atoms with E-state index < -0.39 is 0 Å². The quantitative estimate of drug-likeness (QED) is 0.594. The first-order chi connectivity index (χ1) is 11.5. The van der Waals surface area contributed by atoms with Crippen LogP contribution in [0.2, 0.25) is 0 Å². The summed E-state index contributed by atoms with van der Waals surface area (Å²) < 4.78 is 0. The van der Waals surface area contributed by atoms with Gasteiger partial charge in [-0.25, -0.2) is 4.98 Å². The fourth-order valence-electron chi connectivity index (χ4n) is 3.17. The molecule has 1 N–H and O–H groups in total. The molecule has 0 aliphatic heterocycles. The van der Waals surface area contributed by atoms with Crippen molar-refractivity contribution in [3.63, 3.8) is 0 Å². The number of aryl methyl sites for hydroxylation is 1.